The van der Waals surface area contributed by atoms with E-state index >= 15 is 0 Å². The highest BCUT2D eigenvalue weighted by Crippen LogP contribution is 2.08. The number of hydrogen-bond acceptors (Lipinski definition) is 5. The molecule has 0 aromatic carbocycles. The van der Waals surface area contributed by atoms with Gasteiger partial charge in [-0.1, -0.05) is 0 Å². The van der Waals surface area contributed by atoms with Gasteiger partial charge >= 0.3 is 17.1 Å². The molecule has 1 fully saturated rings. The molecule has 1 atom stereocenters. The lowest BCUT2D eigenvalue weighted by molar-refractivity contribution is 0.359. The molecule has 106 valence electrons. The number of ether oxygens (including phenoxy) is 1. The zero-order chi connectivity index (χ0) is 14.0. The average Bonchev–Trinajstić information content (AvgIpc) is 3.19. The van der Waals surface area contributed by atoms with Crippen molar-refractivity contribution in [1.29, 1.82) is 0 Å². The van der Waals surface area contributed by atoms with Crippen LogP contribution in [0.4, 0.5) is 0 Å². The van der Waals surface area contributed by atoms with E-state index < -0.39 is 17.1 Å². The van der Waals surface area contributed by atoms with Gasteiger partial charge in [-0.15, -0.1) is 0 Å². The minimum Gasteiger partial charge on any atom is -0.371 e. The lowest BCUT2D eigenvalue weighted by Crippen LogP contribution is -2.54. The second-order valence-electron chi connectivity index (χ2n) is 4.39. The van der Waals surface area contributed by atoms with Gasteiger partial charge in [0, 0.05) is 13.1 Å². The van der Waals surface area contributed by atoms with Crippen LogP contribution < -0.4 is 17.1 Å². The number of hydrogen-bond donors (Lipinski definition) is 1. The van der Waals surface area contributed by atoms with Gasteiger partial charge in [-0.2, -0.15) is 12.6 Å². The molecule has 2 heterocycles. The van der Waals surface area contributed by atoms with E-state index in [2.05, 4.69) is 12.6 Å². The van der Waals surface area contributed by atoms with E-state index in [1.165, 1.54) is 0 Å². The minimum absolute atomic E-state index is 0.0912. The maximum absolute atomic E-state index is 12.2. The summed E-state index contributed by atoms with van der Waals surface area (Å²) in [5.74, 6) is 0.572. The van der Waals surface area contributed by atoms with Crippen LogP contribution in [0.5, 0.6) is 0 Å². The van der Waals surface area contributed by atoms with Gasteiger partial charge in [0.05, 0.1) is 19.3 Å². The first-order chi connectivity index (χ1) is 9.10. The van der Waals surface area contributed by atoms with Gasteiger partial charge < -0.3 is 4.74 Å². The van der Waals surface area contributed by atoms with Crippen LogP contribution >= 0.6 is 12.6 Å². The van der Waals surface area contributed by atoms with E-state index in [0.29, 0.717) is 18.8 Å². The standard InChI is InChI=1S/C11H17N3O4S/c1-2-12-9(15)13(4-3-5-19)11(17)14(10(12)16)6-8-7-18-8/h8,19H,2-7H2,1H3. The predicted molar refractivity (Wildman–Crippen MR) is 73.1 cm³/mol. The Morgan fingerprint density at radius 3 is 2.26 bits per heavy atom. The van der Waals surface area contributed by atoms with Crippen LogP contribution in [-0.4, -0.2) is 32.2 Å². The Balaban J connectivity index is 2.55. The molecule has 0 aliphatic carbocycles. The lowest BCUT2D eigenvalue weighted by Gasteiger charge is -2.11. The molecule has 0 radical (unpaired) electrons. The van der Waals surface area contributed by atoms with E-state index in [1.54, 1.807) is 6.92 Å². The summed E-state index contributed by atoms with van der Waals surface area (Å²) in [5.41, 5.74) is -1.67. The van der Waals surface area contributed by atoms with Gasteiger partial charge in [0.25, 0.3) is 0 Å². The summed E-state index contributed by atoms with van der Waals surface area (Å²) in [5, 5.41) is 0. The van der Waals surface area contributed by atoms with Crippen molar-refractivity contribution in [3.63, 3.8) is 0 Å². The number of epoxide rings is 1. The van der Waals surface area contributed by atoms with Crippen molar-refractivity contribution < 1.29 is 4.74 Å². The van der Waals surface area contributed by atoms with E-state index in [9.17, 15) is 14.4 Å². The Bertz CT molecular complexity index is 626. The second kappa shape index (κ2) is 5.79. The van der Waals surface area contributed by atoms with Crippen molar-refractivity contribution in [2.45, 2.75) is 39.1 Å². The van der Waals surface area contributed by atoms with E-state index in [1.807, 2.05) is 0 Å². The van der Waals surface area contributed by atoms with Crippen molar-refractivity contribution in [1.82, 2.24) is 13.7 Å². The van der Waals surface area contributed by atoms with E-state index in [4.69, 9.17) is 4.74 Å². The van der Waals surface area contributed by atoms with Crippen molar-refractivity contribution in [3.05, 3.63) is 31.5 Å². The largest absolute Gasteiger partial charge is 0.371 e. The highest BCUT2D eigenvalue weighted by molar-refractivity contribution is 7.80. The summed E-state index contributed by atoms with van der Waals surface area (Å²) in [6, 6.07) is 0. The molecule has 0 saturated carbocycles. The molecule has 1 aromatic heterocycles. The number of thiol groups is 1. The van der Waals surface area contributed by atoms with Gasteiger partial charge in [0.2, 0.25) is 0 Å². The van der Waals surface area contributed by atoms with Crippen LogP contribution in [0.15, 0.2) is 14.4 Å². The Hall–Kier alpha value is -1.28. The summed E-state index contributed by atoms with van der Waals surface area (Å²) in [6.07, 6.45) is 0.506. The fourth-order valence-electron chi connectivity index (χ4n) is 1.91. The molecule has 1 aliphatic heterocycles. The topological polar surface area (TPSA) is 78.5 Å². The Morgan fingerprint density at radius 1 is 1.16 bits per heavy atom. The molecule has 1 saturated heterocycles. The molecule has 7 nitrogen and oxygen atoms in total. The Morgan fingerprint density at radius 2 is 1.74 bits per heavy atom. The van der Waals surface area contributed by atoms with Gasteiger partial charge in [-0.05, 0) is 19.1 Å². The van der Waals surface area contributed by atoms with Crippen LogP contribution in [0.3, 0.4) is 0 Å². The van der Waals surface area contributed by atoms with Gasteiger partial charge in [0.1, 0.15) is 0 Å². The highest BCUT2D eigenvalue weighted by atomic mass is 32.1. The number of aromatic nitrogens is 3. The summed E-state index contributed by atoms with van der Waals surface area (Å²) < 4.78 is 8.30. The highest BCUT2D eigenvalue weighted by Gasteiger charge is 2.26. The molecular formula is C11H17N3O4S. The Labute approximate surface area is 114 Å². The fourth-order valence-corrected chi connectivity index (χ4v) is 2.05. The zero-order valence-corrected chi connectivity index (χ0v) is 11.6. The molecule has 2 rings (SSSR count). The van der Waals surface area contributed by atoms with Gasteiger partial charge in [-0.25, -0.2) is 28.1 Å². The van der Waals surface area contributed by atoms with E-state index in [0.717, 1.165) is 13.7 Å². The Kier molecular flexibility index (Phi) is 4.31. The maximum Gasteiger partial charge on any atom is 0.336 e. The van der Waals surface area contributed by atoms with Crippen molar-refractivity contribution in [3.8, 4) is 0 Å². The summed E-state index contributed by atoms with van der Waals surface area (Å²) >= 11 is 4.07. The van der Waals surface area contributed by atoms with Gasteiger partial charge in [0.15, 0.2) is 0 Å². The first-order valence-corrected chi connectivity index (χ1v) is 6.90. The molecule has 8 heteroatoms. The van der Waals surface area contributed by atoms with E-state index in [-0.39, 0.29) is 25.7 Å². The third-order valence-electron chi connectivity index (χ3n) is 3.03. The molecule has 1 aromatic rings. The second-order valence-corrected chi connectivity index (χ2v) is 4.83. The van der Waals surface area contributed by atoms with Crippen LogP contribution in [-0.2, 0) is 24.4 Å². The molecule has 19 heavy (non-hydrogen) atoms. The molecule has 0 spiro atoms. The minimum atomic E-state index is -0.560. The third-order valence-corrected chi connectivity index (χ3v) is 3.35. The quantitative estimate of drug-likeness (QED) is 0.533. The molecule has 0 bridgehead atoms. The predicted octanol–water partition coefficient (Wildman–Crippen LogP) is -1.09. The molecule has 0 amide bonds. The normalized spacial score (nSPS) is 17.7. The van der Waals surface area contributed by atoms with Gasteiger partial charge in [-0.3, -0.25) is 0 Å². The van der Waals surface area contributed by atoms with Crippen LogP contribution in [0.2, 0.25) is 0 Å². The third kappa shape index (κ3) is 2.84. The summed E-state index contributed by atoms with van der Waals surface area (Å²) in [6.45, 7) is 2.97. The molecule has 1 aliphatic rings. The first kappa shape index (κ1) is 14.1. The molecule has 1 unspecified atom stereocenters. The molecule has 0 N–H and O–H groups in total. The zero-order valence-electron chi connectivity index (χ0n) is 10.7. The van der Waals surface area contributed by atoms with Crippen LogP contribution in [0.1, 0.15) is 13.3 Å². The number of nitrogens with zero attached hydrogens (tertiary/aromatic N) is 3. The average molecular weight is 287 g/mol. The lowest BCUT2D eigenvalue weighted by atomic mass is 10.4. The maximum atomic E-state index is 12.2. The number of rotatable bonds is 6. The van der Waals surface area contributed by atoms with Crippen molar-refractivity contribution >= 4 is 12.6 Å². The van der Waals surface area contributed by atoms with Crippen molar-refractivity contribution in [2.24, 2.45) is 0 Å². The van der Waals surface area contributed by atoms with Crippen LogP contribution in [0.25, 0.3) is 0 Å². The summed E-state index contributed by atoms with van der Waals surface area (Å²) in [7, 11) is 0. The first-order valence-electron chi connectivity index (χ1n) is 6.27. The van der Waals surface area contributed by atoms with Crippen LogP contribution in [0, 0.1) is 0 Å². The smallest absolute Gasteiger partial charge is 0.336 e. The monoisotopic (exact) mass is 287 g/mol. The van der Waals surface area contributed by atoms with Crippen molar-refractivity contribution in [2.75, 3.05) is 12.4 Å². The SMILES string of the molecule is CCn1c(=O)n(CCCS)c(=O)n(CC2CO2)c1=O. The fraction of sp³-hybridized carbons (Fsp3) is 0.727. The summed E-state index contributed by atoms with van der Waals surface area (Å²) in [4.78, 5) is 36.3. The molecular weight excluding hydrogens is 270 g/mol.